The molecule has 3 rings (SSSR count). The third kappa shape index (κ3) is 5.89. The summed E-state index contributed by atoms with van der Waals surface area (Å²) in [6, 6.07) is 18.1. The number of ether oxygens (including phenoxy) is 2. The highest BCUT2D eigenvalue weighted by Gasteiger charge is 2.21. The second-order valence-electron chi connectivity index (χ2n) is 6.25. The van der Waals surface area contributed by atoms with Crippen LogP contribution in [0.4, 0.5) is 4.39 Å². The summed E-state index contributed by atoms with van der Waals surface area (Å²) in [7, 11) is 0. The highest BCUT2D eigenvalue weighted by atomic mass is 32.1. The summed E-state index contributed by atoms with van der Waals surface area (Å²) in [6.07, 6.45) is -0.851. The lowest BCUT2D eigenvalue weighted by molar-refractivity contribution is -0.154. The fourth-order valence-electron chi connectivity index (χ4n) is 2.64. The zero-order chi connectivity index (χ0) is 20.6. The average molecular weight is 413 g/mol. The molecule has 5 nitrogen and oxygen atoms in total. The lowest BCUT2D eigenvalue weighted by Gasteiger charge is -2.19. The largest absolute Gasteiger partial charge is 0.479 e. The van der Waals surface area contributed by atoms with Crippen molar-refractivity contribution < 1.29 is 23.5 Å². The third-order valence-electron chi connectivity index (χ3n) is 4.07. The molecule has 0 aliphatic heterocycles. The van der Waals surface area contributed by atoms with Crippen molar-refractivity contribution in [2.45, 2.75) is 19.1 Å². The zero-order valence-electron chi connectivity index (χ0n) is 15.7. The summed E-state index contributed by atoms with van der Waals surface area (Å²) in [6.45, 7) is 1.12. The maximum atomic E-state index is 13.2. The molecule has 150 valence electrons. The quantitative estimate of drug-likeness (QED) is 0.565. The van der Waals surface area contributed by atoms with Crippen LogP contribution in [0.25, 0.3) is 0 Å². The predicted octanol–water partition coefficient (Wildman–Crippen LogP) is 4.10. The van der Waals surface area contributed by atoms with E-state index in [9.17, 15) is 14.0 Å². The molecular formula is C22H20FNO4S. The molecule has 1 N–H and O–H groups in total. The highest BCUT2D eigenvalue weighted by Crippen LogP contribution is 2.26. The molecule has 1 amide bonds. The molecule has 0 aliphatic carbocycles. The number of carbonyl (C=O) groups is 2. The molecule has 2 atom stereocenters. The van der Waals surface area contributed by atoms with E-state index in [1.165, 1.54) is 23.5 Å². The van der Waals surface area contributed by atoms with Crippen LogP contribution in [0, 0.1) is 5.82 Å². The first-order chi connectivity index (χ1) is 14.0. The van der Waals surface area contributed by atoms with Crippen molar-refractivity contribution in [2.75, 3.05) is 6.61 Å². The molecular weight excluding hydrogens is 393 g/mol. The van der Waals surface area contributed by atoms with Crippen LogP contribution in [0.3, 0.4) is 0 Å². The number of nitrogens with one attached hydrogen (secondary N) is 1. The van der Waals surface area contributed by atoms with Crippen LogP contribution in [0.5, 0.6) is 5.75 Å². The molecule has 0 bridgehead atoms. The molecule has 0 saturated carbocycles. The predicted molar refractivity (Wildman–Crippen MR) is 108 cm³/mol. The summed E-state index contributed by atoms with van der Waals surface area (Å²) in [4.78, 5) is 25.4. The normalized spacial score (nSPS) is 12.6. The van der Waals surface area contributed by atoms with Crippen LogP contribution in [-0.2, 0) is 14.3 Å². The Hall–Kier alpha value is -3.19. The van der Waals surface area contributed by atoms with Crippen molar-refractivity contribution in [3.63, 3.8) is 0 Å². The van der Waals surface area contributed by atoms with E-state index < -0.39 is 30.6 Å². The molecule has 3 aromatic rings. The van der Waals surface area contributed by atoms with Crippen molar-refractivity contribution in [2.24, 2.45) is 0 Å². The smallest absolute Gasteiger partial charge is 0.347 e. The van der Waals surface area contributed by atoms with E-state index in [1.54, 1.807) is 43.3 Å². The van der Waals surface area contributed by atoms with Crippen molar-refractivity contribution in [3.8, 4) is 5.75 Å². The van der Waals surface area contributed by atoms with Gasteiger partial charge in [-0.15, -0.1) is 11.3 Å². The Kier molecular flexibility index (Phi) is 6.97. The molecule has 0 spiro atoms. The van der Waals surface area contributed by atoms with E-state index >= 15 is 0 Å². The van der Waals surface area contributed by atoms with Crippen molar-refractivity contribution in [1.29, 1.82) is 0 Å². The molecule has 1 heterocycles. The number of amides is 1. The Morgan fingerprint density at radius 3 is 2.41 bits per heavy atom. The molecule has 0 unspecified atom stereocenters. The second-order valence-corrected chi connectivity index (χ2v) is 7.23. The summed E-state index contributed by atoms with van der Waals surface area (Å²) in [5, 5.41) is 4.72. The summed E-state index contributed by atoms with van der Waals surface area (Å²) in [5.74, 6) is -0.923. The Morgan fingerprint density at radius 1 is 1.03 bits per heavy atom. The van der Waals surface area contributed by atoms with Gasteiger partial charge in [0, 0.05) is 4.88 Å². The van der Waals surface area contributed by atoms with E-state index in [0.29, 0.717) is 5.75 Å². The van der Waals surface area contributed by atoms with E-state index in [0.717, 1.165) is 10.4 Å². The maximum absolute atomic E-state index is 13.2. The van der Waals surface area contributed by atoms with Crippen LogP contribution in [-0.4, -0.2) is 24.6 Å². The van der Waals surface area contributed by atoms with Crippen LogP contribution in [0.2, 0.25) is 0 Å². The fourth-order valence-corrected chi connectivity index (χ4v) is 3.44. The van der Waals surface area contributed by atoms with Crippen LogP contribution in [0.15, 0.2) is 72.1 Å². The lowest BCUT2D eigenvalue weighted by atomic mass is 10.1. The van der Waals surface area contributed by atoms with E-state index in [-0.39, 0.29) is 5.82 Å². The Labute approximate surface area is 172 Å². The minimum Gasteiger partial charge on any atom is -0.479 e. The zero-order valence-corrected chi connectivity index (χ0v) is 16.5. The van der Waals surface area contributed by atoms with Gasteiger partial charge in [0.1, 0.15) is 11.6 Å². The minimum absolute atomic E-state index is 0.355. The number of esters is 1. The van der Waals surface area contributed by atoms with Gasteiger partial charge in [-0.05, 0) is 48.2 Å². The second kappa shape index (κ2) is 9.84. The SMILES string of the molecule is C[C@@H](Oc1ccccc1)C(=O)OCC(=O)N[C@H](c1ccc(F)cc1)c1cccs1. The number of para-hydroxylation sites is 1. The van der Waals surface area contributed by atoms with E-state index in [1.807, 2.05) is 23.6 Å². The number of thiophene rings is 1. The Morgan fingerprint density at radius 2 is 1.76 bits per heavy atom. The Balaban J connectivity index is 1.57. The first-order valence-electron chi connectivity index (χ1n) is 8.99. The van der Waals surface area contributed by atoms with Gasteiger partial charge in [0.25, 0.3) is 5.91 Å². The first-order valence-corrected chi connectivity index (χ1v) is 9.87. The number of hydrogen-bond acceptors (Lipinski definition) is 5. The number of benzene rings is 2. The van der Waals surface area contributed by atoms with Gasteiger partial charge in [-0.25, -0.2) is 9.18 Å². The molecule has 0 radical (unpaired) electrons. The van der Waals surface area contributed by atoms with Gasteiger partial charge in [0.2, 0.25) is 0 Å². The van der Waals surface area contributed by atoms with Gasteiger partial charge in [0.05, 0.1) is 6.04 Å². The number of carbonyl (C=O) groups excluding carboxylic acids is 2. The topological polar surface area (TPSA) is 64.6 Å². The molecule has 0 fully saturated rings. The minimum atomic E-state index is -0.851. The van der Waals surface area contributed by atoms with Gasteiger partial charge in [-0.3, -0.25) is 4.79 Å². The number of halogens is 1. The van der Waals surface area contributed by atoms with Gasteiger partial charge >= 0.3 is 5.97 Å². The average Bonchev–Trinajstić information content (AvgIpc) is 3.26. The third-order valence-corrected chi connectivity index (χ3v) is 5.01. The summed E-state index contributed by atoms with van der Waals surface area (Å²) >= 11 is 1.47. The Bertz CT molecular complexity index is 929. The maximum Gasteiger partial charge on any atom is 0.347 e. The summed E-state index contributed by atoms with van der Waals surface area (Å²) in [5.41, 5.74) is 0.731. The highest BCUT2D eigenvalue weighted by molar-refractivity contribution is 7.10. The molecule has 0 aliphatic rings. The van der Waals surface area contributed by atoms with Gasteiger partial charge < -0.3 is 14.8 Å². The van der Waals surface area contributed by atoms with Gasteiger partial charge in [0.15, 0.2) is 12.7 Å². The van der Waals surface area contributed by atoms with Crippen molar-refractivity contribution in [1.82, 2.24) is 5.32 Å². The molecule has 2 aromatic carbocycles. The van der Waals surface area contributed by atoms with Gasteiger partial charge in [-0.2, -0.15) is 0 Å². The van der Waals surface area contributed by atoms with Crippen LogP contribution in [0.1, 0.15) is 23.4 Å². The first kappa shape index (κ1) is 20.5. The van der Waals surface area contributed by atoms with E-state index in [4.69, 9.17) is 9.47 Å². The monoisotopic (exact) mass is 413 g/mol. The van der Waals surface area contributed by atoms with Crippen molar-refractivity contribution in [3.05, 3.63) is 88.4 Å². The molecule has 1 aromatic heterocycles. The fraction of sp³-hybridized carbons (Fsp3) is 0.182. The van der Waals surface area contributed by atoms with Gasteiger partial charge in [-0.1, -0.05) is 36.4 Å². The number of hydrogen-bond donors (Lipinski definition) is 1. The molecule has 29 heavy (non-hydrogen) atoms. The van der Waals surface area contributed by atoms with Crippen molar-refractivity contribution >= 4 is 23.2 Å². The summed E-state index contributed by atoms with van der Waals surface area (Å²) < 4.78 is 23.8. The number of rotatable bonds is 8. The lowest BCUT2D eigenvalue weighted by Crippen LogP contribution is -2.35. The van der Waals surface area contributed by atoms with Crippen LogP contribution >= 0.6 is 11.3 Å². The van der Waals surface area contributed by atoms with Crippen LogP contribution < -0.4 is 10.1 Å². The van der Waals surface area contributed by atoms with E-state index in [2.05, 4.69) is 5.32 Å². The molecule has 7 heteroatoms. The standard InChI is InChI=1S/C22H20FNO4S/c1-15(28-18-6-3-2-4-7-18)22(26)27-14-20(25)24-21(19-8-5-13-29-19)16-9-11-17(23)12-10-16/h2-13,15,21H,14H2,1H3,(H,24,25)/t15-,21-/m1/s1. The molecule has 0 saturated heterocycles.